The summed E-state index contributed by atoms with van der Waals surface area (Å²) in [5.74, 6) is -0.0248. The number of sulfone groups is 1. The number of nitrogens with zero attached hydrogens (tertiary/aromatic N) is 1. The van der Waals surface area contributed by atoms with Gasteiger partial charge in [-0.3, -0.25) is 4.79 Å². The fourth-order valence-corrected chi connectivity index (χ4v) is 3.24. The zero-order chi connectivity index (χ0) is 15.5. The average molecular weight is 311 g/mol. The number of amides is 1. The van der Waals surface area contributed by atoms with Crippen LogP contribution in [0.3, 0.4) is 0 Å². The van der Waals surface area contributed by atoms with E-state index in [1.165, 1.54) is 12.3 Å². The molecule has 21 heavy (non-hydrogen) atoms. The van der Waals surface area contributed by atoms with Crippen molar-refractivity contribution in [2.45, 2.75) is 31.2 Å². The maximum absolute atomic E-state index is 12.5. The van der Waals surface area contributed by atoms with Crippen molar-refractivity contribution < 1.29 is 13.2 Å². The minimum Gasteiger partial charge on any atom is -0.324 e. The molecule has 1 unspecified atom stereocenters. The summed E-state index contributed by atoms with van der Waals surface area (Å²) in [6.07, 6.45) is 5.09. The van der Waals surface area contributed by atoms with Crippen molar-refractivity contribution in [3.63, 3.8) is 0 Å². The predicted octanol–water partition coefficient (Wildman–Crippen LogP) is 1.20. The molecule has 1 amide bonds. The molecular formula is C14H21N3O3S. The standard InChI is InChI=1S/C14H21N3O3S/c1-3-6-14(7-8-15-10-14)13(18)17-11-4-5-12(16-9-11)21(2,19)20/h4-5,9,15H,3,6-8,10H2,1-2H3,(H,17,18). The van der Waals surface area contributed by atoms with Crippen molar-refractivity contribution in [1.82, 2.24) is 10.3 Å². The van der Waals surface area contributed by atoms with Crippen LogP contribution in [0.4, 0.5) is 5.69 Å². The van der Waals surface area contributed by atoms with E-state index in [1.54, 1.807) is 6.07 Å². The van der Waals surface area contributed by atoms with Gasteiger partial charge in [0.1, 0.15) is 0 Å². The van der Waals surface area contributed by atoms with Crippen molar-refractivity contribution in [3.05, 3.63) is 18.3 Å². The summed E-state index contributed by atoms with van der Waals surface area (Å²) in [6.45, 7) is 3.59. The van der Waals surface area contributed by atoms with Gasteiger partial charge in [-0.05, 0) is 31.5 Å². The monoisotopic (exact) mass is 311 g/mol. The third-order valence-electron chi connectivity index (χ3n) is 3.83. The van der Waals surface area contributed by atoms with Gasteiger partial charge in [-0.25, -0.2) is 13.4 Å². The second kappa shape index (κ2) is 6.11. The first-order valence-corrected chi connectivity index (χ1v) is 8.95. The zero-order valence-electron chi connectivity index (χ0n) is 12.3. The van der Waals surface area contributed by atoms with Gasteiger partial charge in [0.2, 0.25) is 5.91 Å². The number of nitrogens with one attached hydrogen (secondary N) is 2. The third-order valence-corrected chi connectivity index (χ3v) is 4.83. The molecule has 1 aromatic heterocycles. The van der Waals surface area contributed by atoms with E-state index < -0.39 is 9.84 Å². The first-order chi connectivity index (χ1) is 9.87. The lowest BCUT2D eigenvalue weighted by atomic mass is 9.81. The number of anilines is 1. The number of rotatable bonds is 5. The number of hydrogen-bond donors (Lipinski definition) is 2. The van der Waals surface area contributed by atoms with Gasteiger partial charge < -0.3 is 10.6 Å². The average Bonchev–Trinajstić information content (AvgIpc) is 2.89. The molecule has 6 nitrogen and oxygen atoms in total. The smallest absolute Gasteiger partial charge is 0.231 e. The van der Waals surface area contributed by atoms with E-state index in [1.807, 2.05) is 0 Å². The Morgan fingerprint density at radius 3 is 2.71 bits per heavy atom. The van der Waals surface area contributed by atoms with E-state index in [9.17, 15) is 13.2 Å². The van der Waals surface area contributed by atoms with Gasteiger partial charge in [-0.15, -0.1) is 0 Å². The van der Waals surface area contributed by atoms with Crippen LogP contribution in [-0.4, -0.2) is 38.7 Å². The molecule has 116 valence electrons. The van der Waals surface area contributed by atoms with Gasteiger partial charge >= 0.3 is 0 Å². The fraction of sp³-hybridized carbons (Fsp3) is 0.571. The molecule has 0 spiro atoms. The summed E-state index contributed by atoms with van der Waals surface area (Å²) < 4.78 is 22.7. The van der Waals surface area contributed by atoms with Gasteiger partial charge in [0, 0.05) is 12.8 Å². The van der Waals surface area contributed by atoms with Crippen LogP contribution in [0.25, 0.3) is 0 Å². The molecule has 2 heterocycles. The van der Waals surface area contributed by atoms with E-state index in [-0.39, 0.29) is 16.3 Å². The highest BCUT2D eigenvalue weighted by Gasteiger charge is 2.40. The predicted molar refractivity (Wildman–Crippen MR) is 80.8 cm³/mol. The number of carbonyl (C=O) groups excluding carboxylic acids is 1. The molecule has 0 saturated carbocycles. The molecule has 1 aliphatic rings. The van der Waals surface area contributed by atoms with Crippen LogP contribution >= 0.6 is 0 Å². The Morgan fingerprint density at radius 2 is 2.24 bits per heavy atom. The molecule has 0 aliphatic carbocycles. The van der Waals surface area contributed by atoms with Gasteiger partial charge in [-0.2, -0.15) is 0 Å². The van der Waals surface area contributed by atoms with E-state index in [0.29, 0.717) is 12.2 Å². The highest BCUT2D eigenvalue weighted by atomic mass is 32.2. The largest absolute Gasteiger partial charge is 0.324 e. The Kier molecular flexibility index (Phi) is 4.63. The molecule has 0 radical (unpaired) electrons. The van der Waals surface area contributed by atoms with Crippen LogP contribution in [0.1, 0.15) is 26.2 Å². The van der Waals surface area contributed by atoms with Crippen molar-refractivity contribution in [1.29, 1.82) is 0 Å². The summed E-state index contributed by atoms with van der Waals surface area (Å²) >= 11 is 0. The molecule has 1 atom stereocenters. The Bertz CT molecular complexity index is 605. The third kappa shape index (κ3) is 3.59. The van der Waals surface area contributed by atoms with Crippen LogP contribution in [0.2, 0.25) is 0 Å². The second-order valence-corrected chi connectivity index (χ2v) is 7.53. The summed E-state index contributed by atoms with van der Waals surface area (Å²) in [5.41, 5.74) is 0.152. The molecule has 1 fully saturated rings. The Labute approximate surface area is 125 Å². The fourth-order valence-electron chi connectivity index (χ4n) is 2.68. The van der Waals surface area contributed by atoms with Gasteiger partial charge in [0.25, 0.3) is 0 Å². The molecule has 2 N–H and O–H groups in total. The summed E-state index contributed by atoms with van der Waals surface area (Å²) in [5, 5.41) is 6.10. The SMILES string of the molecule is CCCC1(C(=O)Nc2ccc(S(C)(=O)=O)nc2)CCNC1. The lowest BCUT2D eigenvalue weighted by Gasteiger charge is -2.26. The van der Waals surface area contributed by atoms with Gasteiger partial charge in [-0.1, -0.05) is 13.3 Å². The molecule has 1 aliphatic heterocycles. The lowest BCUT2D eigenvalue weighted by molar-refractivity contribution is -0.125. The van der Waals surface area contributed by atoms with Crippen LogP contribution in [0, 0.1) is 5.41 Å². The van der Waals surface area contributed by atoms with Crippen molar-refractivity contribution in [3.8, 4) is 0 Å². The molecule has 7 heteroatoms. The summed E-state index contributed by atoms with van der Waals surface area (Å²) in [7, 11) is -3.32. The zero-order valence-corrected chi connectivity index (χ0v) is 13.2. The molecule has 1 aromatic rings. The molecule has 2 rings (SSSR count). The molecular weight excluding hydrogens is 290 g/mol. The first kappa shape index (κ1) is 15.9. The Balaban J connectivity index is 2.12. The van der Waals surface area contributed by atoms with E-state index in [2.05, 4.69) is 22.5 Å². The van der Waals surface area contributed by atoms with Crippen molar-refractivity contribution >= 4 is 21.4 Å². The topological polar surface area (TPSA) is 88.2 Å². The normalized spacial score (nSPS) is 22.2. The first-order valence-electron chi connectivity index (χ1n) is 7.06. The Hall–Kier alpha value is -1.47. The van der Waals surface area contributed by atoms with E-state index >= 15 is 0 Å². The second-order valence-electron chi connectivity index (χ2n) is 5.57. The minimum absolute atomic E-state index is 0.00584. The maximum Gasteiger partial charge on any atom is 0.231 e. The van der Waals surface area contributed by atoms with E-state index in [4.69, 9.17) is 0 Å². The van der Waals surface area contributed by atoms with Crippen LogP contribution < -0.4 is 10.6 Å². The molecule has 0 aromatic carbocycles. The number of aromatic nitrogens is 1. The van der Waals surface area contributed by atoms with Crippen LogP contribution in [0.5, 0.6) is 0 Å². The number of carbonyl (C=O) groups is 1. The highest BCUT2D eigenvalue weighted by Crippen LogP contribution is 2.32. The van der Waals surface area contributed by atoms with Crippen LogP contribution in [-0.2, 0) is 14.6 Å². The van der Waals surface area contributed by atoms with Gasteiger partial charge in [0.05, 0.1) is 17.3 Å². The summed E-state index contributed by atoms with van der Waals surface area (Å²) in [6, 6.07) is 2.98. The quantitative estimate of drug-likeness (QED) is 0.853. The minimum atomic E-state index is -3.32. The number of hydrogen-bond acceptors (Lipinski definition) is 5. The maximum atomic E-state index is 12.5. The molecule has 0 bridgehead atoms. The van der Waals surface area contributed by atoms with Crippen molar-refractivity contribution in [2.24, 2.45) is 5.41 Å². The highest BCUT2D eigenvalue weighted by molar-refractivity contribution is 7.90. The number of pyridine rings is 1. The summed E-state index contributed by atoms with van der Waals surface area (Å²) in [4.78, 5) is 16.4. The lowest BCUT2D eigenvalue weighted by Crippen LogP contribution is -2.38. The van der Waals surface area contributed by atoms with Crippen LogP contribution in [0.15, 0.2) is 23.4 Å². The molecule has 1 saturated heterocycles. The Morgan fingerprint density at radius 1 is 1.48 bits per heavy atom. The van der Waals surface area contributed by atoms with Crippen molar-refractivity contribution in [2.75, 3.05) is 24.7 Å². The van der Waals surface area contributed by atoms with E-state index in [0.717, 1.165) is 32.1 Å². The van der Waals surface area contributed by atoms with Gasteiger partial charge in [0.15, 0.2) is 14.9 Å².